The number of benzene rings is 2. The highest BCUT2D eigenvalue weighted by atomic mass is 35.5. The van der Waals surface area contributed by atoms with E-state index in [1.807, 2.05) is 18.2 Å². The average molecular weight is 356 g/mol. The van der Waals surface area contributed by atoms with Crippen LogP contribution in [0.15, 0.2) is 48.5 Å². The molecule has 0 spiro atoms. The summed E-state index contributed by atoms with van der Waals surface area (Å²) in [6, 6.07) is 16.2. The number of aliphatic hydroxyl groups excluding tert-OH is 1. The predicted molar refractivity (Wildman–Crippen MR) is 102 cm³/mol. The maximum atomic E-state index is 9.56. The topological polar surface area (TPSA) is 41.3 Å². The van der Waals surface area contributed by atoms with Crippen LogP contribution < -0.4 is 4.90 Å². The number of aromatic nitrogens is 2. The van der Waals surface area contributed by atoms with E-state index >= 15 is 0 Å². The highest BCUT2D eigenvalue weighted by molar-refractivity contribution is 6.30. The summed E-state index contributed by atoms with van der Waals surface area (Å²) < 4.78 is 2.28. The van der Waals surface area contributed by atoms with Crippen molar-refractivity contribution >= 4 is 28.6 Å². The highest BCUT2D eigenvalue weighted by Crippen LogP contribution is 2.28. The summed E-state index contributed by atoms with van der Waals surface area (Å²) in [5, 5.41) is 10.3. The Morgan fingerprint density at radius 3 is 2.72 bits per heavy atom. The third kappa shape index (κ3) is 3.37. The fourth-order valence-corrected chi connectivity index (χ4v) is 3.75. The van der Waals surface area contributed by atoms with Crippen molar-refractivity contribution in [2.75, 3.05) is 24.6 Å². The number of aliphatic hydroxyl groups is 1. The first-order valence-electron chi connectivity index (χ1n) is 8.80. The number of rotatable bonds is 4. The Balaban J connectivity index is 1.74. The van der Waals surface area contributed by atoms with E-state index in [1.165, 1.54) is 5.56 Å². The standard InChI is InChI=1S/C20H22ClN3O/c21-17-9-7-15(8-10-17)13-24-19-6-2-1-5-18(19)22-20(24)23-11-3-4-16(12-23)14-25/h1-2,5-10,16,25H,3-4,11-14H2/t16-/m0/s1. The lowest BCUT2D eigenvalue weighted by Gasteiger charge is -2.33. The number of hydrogen-bond acceptors (Lipinski definition) is 3. The minimum absolute atomic E-state index is 0.244. The Morgan fingerprint density at radius 1 is 1.12 bits per heavy atom. The first-order valence-corrected chi connectivity index (χ1v) is 9.18. The van der Waals surface area contributed by atoms with Crippen molar-refractivity contribution in [3.8, 4) is 0 Å². The number of halogens is 1. The fourth-order valence-electron chi connectivity index (χ4n) is 3.63. The molecule has 0 unspecified atom stereocenters. The van der Waals surface area contributed by atoms with Crippen LogP contribution in [0.1, 0.15) is 18.4 Å². The second kappa shape index (κ2) is 7.06. The Morgan fingerprint density at radius 2 is 1.92 bits per heavy atom. The molecule has 0 bridgehead atoms. The Kier molecular flexibility index (Phi) is 4.64. The van der Waals surface area contributed by atoms with Crippen LogP contribution >= 0.6 is 11.6 Å². The summed E-state index contributed by atoms with van der Waals surface area (Å²) in [5.74, 6) is 1.33. The lowest BCUT2D eigenvalue weighted by atomic mass is 9.99. The van der Waals surface area contributed by atoms with Crippen LogP contribution in [-0.2, 0) is 6.54 Å². The maximum absolute atomic E-state index is 9.56. The lowest BCUT2D eigenvalue weighted by molar-refractivity contribution is 0.208. The van der Waals surface area contributed by atoms with Gasteiger partial charge in [-0.05, 0) is 48.6 Å². The summed E-state index contributed by atoms with van der Waals surface area (Å²) in [4.78, 5) is 7.22. The molecule has 0 saturated carbocycles. The third-order valence-electron chi connectivity index (χ3n) is 4.95. The van der Waals surface area contributed by atoms with E-state index in [-0.39, 0.29) is 6.61 Å². The molecule has 5 heteroatoms. The van der Waals surface area contributed by atoms with Gasteiger partial charge in [0.25, 0.3) is 0 Å². The van der Waals surface area contributed by atoms with Crippen LogP contribution in [0.25, 0.3) is 11.0 Å². The van der Waals surface area contributed by atoms with Gasteiger partial charge in [-0.3, -0.25) is 0 Å². The van der Waals surface area contributed by atoms with Crippen LogP contribution in [0.3, 0.4) is 0 Å². The van der Waals surface area contributed by atoms with E-state index in [2.05, 4.69) is 39.8 Å². The zero-order valence-corrected chi connectivity index (χ0v) is 14.9. The molecular weight excluding hydrogens is 334 g/mol. The van der Waals surface area contributed by atoms with Gasteiger partial charge in [-0.1, -0.05) is 35.9 Å². The van der Waals surface area contributed by atoms with Crippen molar-refractivity contribution in [1.29, 1.82) is 0 Å². The molecule has 1 saturated heterocycles. The maximum Gasteiger partial charge on any atom is 0.206 e. The van der Waals surface area contributed by atoms with Gasteiger partial charge in [0, 0.05) is 24.7 Å². The van der Waals surface area contributed by atoms with Gasteiger partial charge in [-0.15, -0.1) is 0 Å². The molecule has 1 N–H and O–H groups in total. The number of para-hydroxylation sites is 2. The minimum atomic E-state index is 0.244. The first kappa shape index (κ1) is 16.4. The van der Waals surface area contributed by atoms with Crippen LogP contribution in [0.5, 0.6) is 0 Å². The molecule has 1 atom stereocenters. The molecule has 1 aliphatic heterocycles. The molecule has 0 aliphatic carbocycles. The molecule has 1 aromatic heterocycles. The molecule has 4 nitrogen and oxygen atoms in total. The van der Waals surface area contributed by atoms with Crippen molar-refractivity contribution in [3.63, 3.8) is 0 Å². The smallest absolute Gasteiger partial charge is 0.206 e. The molecule has 2 aromatic carbocycles. The van der Waals surface area contributed by atoms with Gasteiger partial charge < -0.3 is 14.6 Å². The highest BCUT2D eigenvalue weighted by Gasteiger charge is 2.24. The molecule has 0 amide bonds. The summed E-state index contributed by atoms with van der Waals surface area (Å²) in [6.07, 6.45) is 2.18. The SMILES string of the molecule is OC[C@H]1CCCN(c2nc3ccccc3n2Cc2ccc(Cl)cc2)C1. The monoisotopic (exact) mass is 355 g/mol. The van der Waals surface area contributed by atoms with Crippen LogP contribution in [0.2, 0.25) is 5.02 Å². The van der Waals surface area contributed by atoms with Gasteiger partial charge in [-0.2, -0.15) is 0 Å². The van der Waals surface area contributed by atoms with Crippen molar-refractivity contribution in [2.45, 2.75) is 19.4 Å². The summed E-state index contributed by atoms with van der Waals surface area (Å²) in [5.41, 5.74) is 3.35. The average Bonchev–Trinajstić information content (AvgIpc) is 3.02. The second-order valence-corrected chi connectivity index (χ2v) is 7.19. The zero-order valence-electron chi connectivity index (χ0n) is 14.1. The molecule has 25 heavy (non-hydrogen) atoms. The van der Waals surface area contributed by atoms with Crippen molar-refractivity contribution in [1.82, 2.24) is 9.55 Å². The Labute approximate surface area is 152 Å². The summed E-state index contributed by atoms with van der Waals surface area (Å²) in [6.45, 7) is 2.85. The Bertz CT molecular complexity index is 859. The number of imidazole rings is 1. The molecule has 1 aliphatic rings. The number of nitrogens with zero attached hydrogens (tertiary/aromatic N) is 3. The van der Waals surface area contributed by atoms with Crippen molar-refractivity contribution < 1.29 is 5.11 Å². The number of hydrogen-bond donors (Lipinski definition) is 1. The van der Waals surface area contributed by atoms with Gasteiger partial charge in [-0.25, -0.2) is 4.98 Å². The quantitative estimate of drug-likeness (QED) is 0.770. The molecule has 1 fully saturated rings. The first-order chi connectivity index (χ1) is 12.2. The van der Waals surface area contributed by atoms with E-state index in [0.717, 1.165) is 54.5 Å². The molecule has 4 rings (SSSR count). The normalized spacial score (nSPS) is 18.0. The predicted octanol–water partition coefficient (Wildman–Crippen LogP) is 3.95. The third-order valence-corrected chi connectivity index (χ3v) is 5.20. The number of piperidine rings is 1. The largest absolute Gasteiger partial charge is 0.396 e. The van der Waals surface area contributed by atoms with Crippen LogP contribution in [0.4, 0.5) is 5.95 Å². The minimum Gasteiger partial charge on any atom is -0.396 e. The Hall–Kier alpha value is -2.04. The fraction of sp³-hybridized carbons (Fsp3) is 0.350. The lowest BCUT2D eigenvalue weighted by Crippen LogP contribution is -2.38. The van der Waals surface area contributed by atoms with Crippen molar-refractivity contribution in [3.05, 3.63) is 59.1 Å². The number of anilines is 1. The van der Waals surface area contributed by atoms with E-state index in [4.69, 9.17) is 16.6 Å². The number of fused-ring (bicyclic) bond motifs is 1. The van der Waals surface area contributed by atoms with E-state index < -0.39 is 0 Å². The van der Waals surface area contributed by atoms with Gasteiger partial charge in [0.15, 0.2) is 0 Å². The van der Waals surface area contributed by atoms with E-state index in [1.54, 1.807) is 0 Å². The molecule has 130 valence electrons. The van der Waals surface area contributed by atoms with Crippen molar-refractivity contribution in [2.24, 2.45) is 5.92 Å². The molecule has 0 radical (unpaired) electrons. The molecule has 2 heterocycles. The van der Waals surface area contributed by atoms with Gasteiger partial charge >= 0.3 is 0 Å². The van der Waals surface area contributed by atoms with Crippen LogP contribution in [-0.4, -0.2) is 34.4 Å². The molecule has 3 aromatic rings. The van der Waals surface area contributed by atoms with Gasteiger partial charge in [0.1, 0.15) is 0 Å². The zero-order chi connectivity index (χ0) is 17.2. The molecular formula is C20H22ClN3O. The second-order valence-electron chi connectivity index (χ2n) is 6.75. The van der Waals surface area contributed by atoms with Crippen LogP contribution in [0, 0.1) is 5.92 Å². The van der Waals surface area contributed by atoms with Gasteiger partial charge in [0.05, 0.1) is 17.6 Å². The summed E-state index contributed by atoms with van der Waals surface area (Å²) >= 11 is 6.02. The van der Waals surface area contributed by atoms with E-state index in [0.29, 0.717) is 5.92 Å². The van der Waals surface area contributed by atoms with E-state index in [9.17, 15) is 5.11 Å². The van der Waals surface area contributed by atoms with Gasteiger partial charge in [0.2, 0.25) is 5.95 Å². The summed E-state index contributed by atoms with van der Waals surface area (Å²) in [7, 11) is 0.